The molecule has 0 amide bonds. The fourth-order valence-electron chi connectivity index (χ4n) is 0.136. The number of rotatable bonds is 2. The minimum Gasteiger partial charge on any atom is -0.153 e. The van der Waals surface area contributed by atoms with Crippen LogP contribution in [-0.2, 0) is 16.5 Å². The fraction of sp³-hybridized carbons (Fsp3) is 1.00. The quantitative estimate of drug-likeness (QED) is 0.384. The van der Waals surface area contributed by atoms with E-state index >= 15 is 0 Å². The maximum atomic E-state index is 4.96. The molecule has 0 bridgehead atoms. The van der Waals surface area contributed by atoms with Crippen LogP contribution in [0.3, 0.4) is 0 Å². The Labute approximate surface area is 62.0 Å². The summed E-state index contributed by atoms with van der Waals surface area (Å²) < 4.78 is 0. The van der Waals surface area contributed by atoms with Gasteiger partial charge in [0.2, 0.25) is 0 Å². The standard InChI is InChI=1S/C2H5B3.Ni.H3P/c1-2-4-5-3;;/h2H2,1H3;;1H3. The SMILES string of the molecule is P.[B][B][B]CC.[Ni]. The monoisotopic (exact) mass is 154 g/mol. The first-order valence-electron chi connectivity index (χ1n) is 1.78. The van der Waals surface area contributed by atoms with Crippen LogP contribution in [0, 0.1) is 0 Å². The molecule has 5 heteroatoms. The van der Waals surface area contributed by atoms with Crippen LogP contribution in [0.2, 0.25) is 6.32 Å². The molecule has 0 aromatic rings. The Morgan fingerprint density at radius 2 is 2.00 bits per heavy atom. The molecule has 0 aliphatic heterocycles. The smallest absolute Gasteiger partial charge is 0.0541 e. The van der Waals surface area contributed by atoms with Crippen molar-refractivity contribution in [2.75, 3.05) is 0 Å². The van der Waals surface area contributed by atoms with Crippen LogP contribution in [0.4, 0.5) is 0 Å². The van der Waals surface area contributed by atoms with E-state index in [9.17, 15) is 0 Å². The third-order valence-corrected chi connectivity index (χ3v) is 0.372. The second kappa shape index (κ2) is 15.7. The normalized spacial score (nSPS) is 4.71. The summed E-state index contributed by atoms with van der Waals surface area (Å²) in [5.41, 5.74) is 0. The Balaban J connectivity index is -0.0000000800. The van der Waals surface area contributed by atoms with E-state index in [2.05, 4.69) is 0 Å². The van der Waals surface area contributed by atoms with E-state index in [0.717, 1.165) is 6.32 Å². The van der Waals surface area contributed by atoms with E-state index in [1.807, 2.05) is 14.1 Å². The number of hydrogen-bond acceptors (Lipinski definition) is 0. The molecule has 7 heavy (non-hydrogen) atoms. The van der Waals surface area contributed by atoms with E-state index < -0.39 is 0 Å². The molecule has 0 aliphatic carbocycles. The van der Waals surface area contributed by atoms with E-state index in [1.54, 1.807) is 7.06 Å². The molecule has 0 N–H and O–H groups in total. The molecule has 0 saturated heterocycles. The van der Waals surface area contributed by atoms with Gasteiger partial charge in [0.25, 0.3) is 0 Å². The van der Waals surface area contributed by atoms with Crippen LogP contribution in [0.15, 0.2) is 0 Å². The van der Waals surface area contributed by atoms with Crippen LogP contribution < -0.4 is 0 Å². The summed E-state index contributed by atoms with van der Waals surface area (Å²) >= 11 is 0. The topological polar surface area (TPSA) is 0 Å². The van der Waals surface area contributed by atoms with Crippen LogP contribution in [0.1, 0.15) is 6.92 Å². The second-order valence-electron chi connectivity index (χ2n) is 0.836. The van der Waals surface area contributed by atoms with Crippen molar-refractivity contribution in [2.24, 2.45) is 0 Å². The van der Waals surface area contributed by atoms with Gasteiger partial charge in [-0.3, -0.25) is 0 Å². The average Bonchev–Trinajstić information content (AvgIpc) is 1.41. The van der Waals surface area contributed by atoms with Gasteiger partial charge in [-0.1, -0.05) is 13.2 Å². The molecule has 0 nitrogen and oxygen atoms in total. The first kappa shape index (κ1) is 15.7. The van der Waals surface area contributed by atoms with Crippen LogP contribution in [0.5, 0.6) is 0 Å². The van der Waals surface area contributed by atoms with Gasteiger partial charge in [-0.15, -0.1) is 0 Å². The van der Waals surface area contributed by atoms with Crippen molar-refractivity contribution in [3.63, 3.8) is 0 Å². The van der Waals surface area contributed by atoms with E-state index in [-0.39, 0.29) is 26.4 Å². The van der Waals surface area contributed by atoms with Gasteiger partial charge in [-0.2, -0.15) is 9.90 Å². The Morgan fingerprint density at radius 3 is 2.00 bits per heavy atom. The summed E-state index contributed by atoms with van der Waals surface area (Å²) in [6.45, 7) is 2.04. The Bertz CT molecular complexity index is 20.4. The molecule has 40 valence electrons. The molecule has 0 spiro atoms. The van der Waals surface area contributed by atoms with Crippen LogP contribution in [-0.4, -0.2) is 22.0 Å². The van der Waals surface area contributed by atoms with Gasteiger partial charge < -0.3 is 0 Å². The fourth-order valence-corrected chi connectivity index (χ4v) is 0.136. The van der Waals surface area contributed by atoms with Gasteiger partial charge in [0.15, 0.2) is 0 Å². The Morgan fingerprint density at radius 1 is 1.57 bits per heavy atom. The molecule has 0 aromatic carbocycles. The minimum atomic E-state index is 0. The molecule has 1 unspecified atom stereocenters. The predicted molar refractivity (Wildman–Crippen MR) is 38.8 cm³/mol. The number of hydrogen-bond donors (Lipinski definition) is 0. The second-order valence-corrected chi connectivity index (χ2v) is 0.836. The average molecular weight is 154 g/mol. The molecule has 1 atom stereocenters. The first-order valence-corrected chi connectivity index (χ1v) is 1.78. The van der Waals surface area contributed by atoms with Crippen LogP contribution in [0.25, 0.3) is 0 Å². The first-order chi connectivity index (χ1) is 2.41. The molecular formula is C2H8B3NiP. The van der Waals surface area contributed by atoms with Gasteiger partial charge in [0.05, 0.1) is 7.17 Å². The van der Waals surface area contributed by atoms with Crippen molar-refractivity contribution >= 4 is 31.9 Å². The third-order valence-electron chi connectivity index (χ3n) is 0.372. The van der Waals surface area contributed by atoms with Crippen molar-refractivity contribution in [2.45, 2.75) is 13.2 Å². The van der Waals surface area contributed by atoms with Crippen molar-refractivity contribution < 1.29 is 16.5 Å². The zero-order chi connectivity index (χ0) is 4.12. The van der Waals surface area contributed by atoms with Gasteiger partial charge in [-0.05, 0) is 0 Å². The van der Waals surface area contributed by atoms with Crippen molar-refractivity contribution in [3.8, 4) is 0 Å². The molecule has 0 rings (SSSR count). The largest absolute Gasteiger partial charge is 0.153 e. The van der Waals surface area contributed by atoms with Crippen LogP contribution >= 0.6 is 9.90 Å². The van der Waals surface area contributed by atoms with Crippen molar-refractivity contribution in [3.05, 3.63) is 0 Å². The predicted octanol–water partition coefficient (Wildman–Crippen LogP) is -0.113. The summed E-state index contributed by atoms with van der Waals surface area (Å²) in [6, 6.07) is 0. The van der Waals surface area contributed by atoms with Gasteiger partial charge in [-0.25, -0.2) is 0 Å². The molecule has 0 aliphatic rings. The summed E-state index contributed by atoms with van der Waals surface area (Å²) in [5, 5.41) is 0. The molecule has 4 radical (unpaired) electrons. The maximum absolute atomic E-state index is 4.96. The Hall–Kier alpha value is 1.12. The van der Waals surface area contributed by atoms with Crippen molar-refractivity contribution in [1.82, 2.24) is 0 Å². The molecule has 0 saturated carbocycles. The summed E-state index contributed by atoms with van der Waals surface area (Å²) in [5.74, 6) is 0. The summed E-state index contributed by atoms with van der Waals surface area (Å²) in [6.07, 6.45) is 1.04. The molecule has 0 fully saturated rings. The van der Waals surface area contributed by atoms with Gasteiger partial charge in [0, 0.05) is 31.3 Å². The van der Waals surface area contributed by atoms with E-state index in [0.29, 0.717) is 0 Å². The molecule has 0 aromatic heterocycles. The molecule has 0 heterocycles. The van der Waals surface area contributed by atoms with Gasteiger partial charge in [0.1, 0.15) is 0 Å². The van der Waals surface area contributed by atoms with Crippen molar-refractivity contribution in [1.29, 1.82) is 0 Å². The molecular weight excluding hydrogens is 146 g/mol. The summed E-state index contributed by atoms with van der Waals surface area (Å²) in [4.78, 5) is 0. The third kappa shape index (κ3) is 19.2. The zero-order valence-electron chi connectivity index (χ0n) is 4.46. The maximum Gasteiger partial charge on any atom is 0.0541 e. The van der Waals surface area contributed by atoms with E-state index in [4.69, 9.17) is 7.74 Å². The summed E-state index contributed by atoms with van der Waals surface area (Å²) in [7, 11) is 8.42. The van der Waals surface area contributed by atoms with E-state index in [1.165, 1.54) is 0 Å². The Kier molecular flexibility index (Phi) is 35.2. The zero-order valence-corrected chi connectivity index (χ0v) is 6.86. The van der Waals surface area contributed by atoms with Gasteiger partial charge >= 0.3 is 0 Å². The minimum absolute atomic E-state index is 0.